The van der Waals surface area contributed by atoms with Crippen molar-refractivity contribution in [2.75, 3.05) is 38.9 Å². The van der Waals surface area contributed by atoms with E-state index in [-0.39, 0.29) is 26.3 Å². The van der Waals surface area contributed by atoms with Crippen LogP contribution in [-0.4, -0.2) is 56.6 Å². The van der Waals surface area contributed by atoms with Crippen molar-refractivity contribution in [2.24, 2.45) is 0 Å². The van der Waals surface area contributed by atoms with Crippen LogP contribution in [0.25, 0.3) is 11.1 Å². The summed E-state index contributed by atoms with van der Waals surface area (Å²) in [5.74, 6) is 1.29. The molecule has 0 aromatic heterocycles. The van der Waals surface area contributed by atoms with Crippen molar-refractivity contribution in [3.63, 3.8) is 0 Å². The standard InChI is InChI=1S/C30H30N2O6.H2/c1-19-3-9-23(31-29(34)30(11-12-30)22-8-10-25-26(15-22)38-18-37-25)16-24(19)20-4-6-21(7-5-20)28(33)32(2)17-27-35-13-14-36-27;/h3-10,15-16,27H,11-14,17-18H2,1-2H3,(H,31,34);1H. The molecule has 0 unspecified atom stereocenters. The smallest absolute Gasteiger partial charge is 0.253 e. The molecule has 0 spiro atoms. The lowest BCUT2D eigenvalue weighted by molar-refractivity contribution is -0.118. The molecule has 1 saturated heterocycles. The van der Waals surface area contributed by atoms with E-state index in [9.17, 15) is 9.59 Å². The number of nitrogens with zero attached hydrogens (tertiary/aromatic N) is 1. The van der Waals surface area contributed by atoms with Crippen LogP contribution in [-0.2, 0) is 19.7 Å². The lowest BCUT2D eigenvalue weighted by Gasteiger charge is -2.20. The summed E-state index contributed by atoms with van der Waals surface area (Å²) in [7, 11) is 1.74. The second-order valence-corrected chi connectivity index (χ2v) is 10.1. The van der Waals surface area contributed by atoms with Crippen LogP contribution in [0.3, 0.4) is 0 Å². The molecular formula is C30H32N2O6. The van der Waals surface area contributed by atoms with Gasteiger partial charge < -0.3 is 29.2 Å². The summed E-state index contributed by atoms with van der Waals surface area (Å²) in [6.45, 7) is 3.74. The summed E-state index contributed by atoms with van der Waals surface area (Å²) in [6, 6.07) is 19.2. The first kappa shape index (κ1) is 24.5. The van der Waals surface area contributed by atoms with Gasteiger partial charge in [-0.3, -0.25) is 9.59 Å². The number of amides is 2. The fraction of sp³-hybridized carbons (Fsp3) is 0.333. The first-order valence-corrected chi connectivity index (χ1v) is 12.8. The van der Waals surface area contributed by atoms with Gasteiger partial charge in [-0.05, 0) is 78.4 Å². The van der Waals surface area contributed by atoms with Gasteiger partial charge in [0.2, 0.25) is 12.7 Å². The predicted octanol–water partition coefficient (Wildman–Crippen LogP) is 4.75. The highest BCUT2D eigenvalue weighted by molar-refractivity contribution is 6.02. The highest BCUT2D eigenvalue weighted by Crippen LogP contribution is 2.51. The van der Waals surface area contributed by atoms with E-state index in [0.29, 0.717) is 36.8 Å². The van der Waals surface area contributed by atoms with Gasteiger partial charge in [0, 0.05) is 19.7 Å². The molecule has 1 N–H and O–H groups in total. The Morgan fingerprint density at radius 2 is 1.71 bits per heavy atom. The molecule has 1 saturated carbocycles. The minimum atomic E-state index is -0.547. The number of benzene rings is 3. The molecule has 3 aromatic rings. The van der Waals surface area contributed by atoms with Gasteiger partial charge in [0.1, 0.15) is 0 Å². The van der Waals surface area contributed by atoms with Crippen molar-refractivity contribution in [2.45, 2.75) is 31.5 Å². The Morgan fingerprint density at radius 1 is 0.974 bits per heavy atom. The molecule has 3 aromatic carbocycles. The van der Waals surface area contributed by atoms with E-state index in [2.05, 4.69) is 5.32 Å². The van der Waals surface area contributed by atoms with E-state index in [4.69, 9.17) is 18.9 Å². The van der Waals surface area contributed by atoms with E-state index >= 15 is 0 Å². The lowest BCUT2D eigenvalue weighted by atomic mass is 9.94. The summed E-state index contributed by atoms with van der Waals surface area (Å²) in [5, 5.41) is 3.13. The minimum Gasteiger partial charge on any atom is -0.454 e. The molecule has 8 nitrogen and oxygen atoms in total. The van der Waals surface area contributed by atoms with Crippen molar-refractivity contribution in [1.82, 2.24) is 4.90 Å². The fourth-order valence-corrected chi connectivity index (χ4v) is 5.06. The number of fused-ring (bicyclic) bond motifs is 1. The topological polar surface area (TPSA) is 86.3 Å². The third-order valence-electron chi connectivity index (χ3n) is 7.51. The number of likely N-dealkylation sites (N-methyl/N-ethyl adjacent to an activating group) is 1. The number of nitrogens with one attached hydrogen (secondary N) is 1. The quantitative estimate of drug-likeness (QED) is 0.488. The van der Waals surface area contributed by atoms with Gasteiger partial charge in [-0.15, -0.1) is 0 Å². The number of carbonyl (C=O) groups excluding carboxylic acids is 2. The maximum atomic E-state index is 13.4. The molecule has 2 amide bonds. The van der Waals surface area contributed by atoms with E-state index < -0.39 is 5.41 Å². The van der Waals surface area contributed by atoms with Gasteiger partial charge in [0.05, 0.1) is 25.2 Å². The van der Waals surface area contributed by atoms with Crippen molar-refractivity contribution < 1.29 is 30.0 Å². The maximum absolute atomic E-state index is 13.4. The Morgan fingerprint density at radius 3 is 2.45 bits per heavy atom. The van der Waals surface area contributed by atoms with E-state index in [1.54, 1.807) is 11.9 Å². The van der Waals surface area contributed by atoms with Crippen LogP contribution < -0.4 is 14.8 Å². The first-order valence-electron chi connectivity index (χ1n) is 12.8. The van der Waals surface area contributed by atoms with Crippen LogP contribution in [0.4, 0.5) is 5.69 Å². The van der Waals surface area contributed by atoms with Gasteiger partial charge in [0.25, 0.3) is 5.91 Å². The first-order chi connectivity index (χ1) is 18.4. The third kappa shape index (κ3) is 4.61. The number of aryl methyl sites for hydroxylation is 1. The molecule has 198 valence electrons. The zero-order valence-corrected chi connectivity index (χ0v) is 21.5. The van der Waals surface area contributed by atoms with Crippen molar-refractivity contribution >= 4 is 17.5 Å². The van der Waals surface area contributed by atoms with Gasteiger partial charge in [0.15, 0.2) is 17.8 Å². The molecule has 3 aliphatic rings. The molecule has 6 rings (SSSR count). The molecule has 2 aliphatic heterocycles. The zero-order valence-electron chi connectivity index (χ0n) is 21.5. The number of hydrogen-bond donors (Lipinski definition) is 1. The number of ether oxygens (including phenoxy) is 4. The Bertz CT molecular complexity index is 1380. The minimum absolute atomic E-state index is 0. The van der Waals surface area contributed by atoms with Gasteiger partial charge in [-0.25, -0.2) is 0 Å². The van der Waals surface area contributed by atoms with Crippen LogP contribution in [0.2, 0.25) is 0 Å². The molecule has 0 bridgehead atoms. The predicted molar refractivity (Wildman–Crippen MR) is 143 cm³/mol. The molecule has 38 heavy (non-hydrogen) atoms. The Labute approximate surface area is 222 Å². The normalized spacial score (nSPS) is 17.3. The second-order valence-electron chi connectivity index (χ2n) is 10.1. The molecule has 0 radical (unpaired) electrons. The number of carbonyl (C=O) groups is 2. The summed E-state index contributed by atoms with van der Waals surface area (Å²) in [6.07, 6.45) is 1.21. The molecular weight excluding hydrogens is 484 g/mol. The van der Waals surface area contributed by atoms with Gasteiger partial charge >= 0.3 is 0 Å². The maximum Gasteiger partial charge on any atom is 0.253 e. The lowest BCUT2D eigenvalue weighted by Crippen LogP contribution is -2.34. The summed E-state index contributed by atoms with van der Waals surface area (Å²) in [5.41, 5.74) is 4.77. The van der Waals surface area contributed by atoms with Crippen molar-refractivity contribution in [1.29, 1.82) is 0 Å². The molecule has 1 aliphatic carbocycles. The molecule has 2 heterocycles. The molecule has 0 atom stereocenters. The Balaban J connectivity index is 0.00000308. The van der Waals surface area contributed by atoms with Crippen molar-refractivity contribution in [3.05, 3.63) is 77.4 Å². The monoisotopic (exact) mass is 516 g/mol. The zero-order chi connectivity index (χ0) is 26.3. The third-order valence-corrected chi connectivity index (χ3v) is 7.51. The molecule has 2 fully saturated rings. The highest BCUT2D eigenvalue weighted by atomic mass is 16.7. The van der Waals surface area contributed by atoms with E-state index in [0.717, 1.165) is 40.8 Å². The summed E-state index contributed by atoms with van der Waals surface area (Å²) in [4.78, 5) is 27.9. The van der Waals surface area contributed by atoms with Gasteiger partial charge in [-0.1, -0.05) is 24.3 Å². The average Bonchev–Trinajstić information content (AvgIpc) is 3.34. The summed E-state index contributed by atoms with van der Waals surface area (Å²) >= 11 is 0. The number of rotatable bonds is 7. The fourth-order valence-electron chi connectivity index (χ4n) is 5.06. The van der Waals surface area contributed by atoms with Crippen LogP contribution in [0.1, 0.15) is 35.8 Å². The van der Waals surface area contributed by atoms with Crippen LogP contribution in [0, 0.1) is 6.92 Å². The van der Waals surface area contributed by atoms with Crippen LogP contribution in [0.5, 0.6) is 11.5 Å². The van der Waals surface area contributed by atoms with Crippen molar-refractivity contribution in [3.8, 4) is 22.6 Å². The van der Waals surface area contributed by atoms with Gasteiger partial charge in [-0.2, -0.15) is 0 Å². The molecule has 8 heteroatoms. The van der Waals surface area contributed by atoms with E-state index in [1.807, 2.05) is 67.6 Å². The van der Waals surface area contributed by atoms with E-state index in [1.165, 1.54) is 0 Å². The second kappa shape index (κ2) is 9.78. The highest BCUT2D eigenvalue weighted by Gasteiger charge is 2.51. The SMILES string of the molecule is Cc1ccc(NC(=O)C2(c3ccc4c(c3)OCO4)CC2)cc1-c1ccc(C(=O)N(C)CC2OCCO2)cc1.[HH]. The number of hydrogen-bond acceptors (Lipinski definition) is 6. The Hall–Kier alpha value is -3.88. The summed E-state index contributed by atoms with van der Waals surface area (Å²) < 4.78 is 21.8. The largest absolute Gasteiger partial charge is 0.454 e. The number of anilines is 1. The average molecular weight is 517 g/mol. The van der Waals surface area contributed by atoms with Crippen LogP contribution in [0.15, 0.2) is 60.7 Å². The van der Waals surface area contributed by atoms with Crippen LogP contribution >= 0.6 is 0 Å². The Kier molecular flexibility index (Phi) is 6.29.